The van der Waals surface area contributed by atoms with Crippen molar-refractivity contribution >= 4 is 11.6 Å². The molecular weight excluding hydrogens is 273 g/mol. The highest BCUT2D eigenvalue weighted by Crippen LogP contribution is 2.32. The highest BCUT2D eigenvalue weighted by molar-refractivity contribution is 5.92. The van der Waals surface area contributed by atoms with Gasteiger partial charge in [0, 0.05) is 11.8 Å². The minimum Gasteiger partial charge on any atom is -0.486 e. The maximum absolute atomic E-state index is 12.8. The van der Waals surface area contributed by atoms with Crippen molar-refractivity contribution in [3.63, 3.8) is 0 Å². The van der Waals surface area contributed by atoms with E-state index < -0.39 is 0 Å². The second kappa shape index (κ2) is 5.83. The van der Waals surface area contributed by atoms with Gasteiger partial charge in [0.05, 0.1) is 6.42 Å². The molecule has 0 aromatic heterocycles. The molecule has 3 rings (SSSR count). The molecule has 0 radical (unpaired) electrons. The molecule has 4 nitrogen and oxygen atoms in total. The summed E-state index contributed by atoms with van der Waals surface area (Å²) in [6.07, 6.45) is 0.189. The predicted molar refractivity (Wildman–Crippen MR) is 76.2 cm³/mol. The number of hydrogen-bond acceptors (Lipinski definition) is 3. The summed E-state index contributed by atoms with van der Waals surface area (Å²) in [5.74, 6) is 0.822. The minimum absolute atomic E-state index is 0.168. The van der Waals surface area contributed by atoms with Crippen LogP contribution in [0.15, 0.2) is 42.5 Å². The van der Waals surface area contributed by atoms with E-state index in [1.165, 1.54) is 12.1 Å². The zero-order valence-electron chi connectivity index (χ0n) is 11.3. The molecule has 0 saturated carbocycles. The smallest absolute Gasteiger partial charge is 0.228 e. The zero-order valence-corrected chi connectivity index (χ0v) is 11.3. The SMILES string of the molecule is O=C(Cc1ccc(F)cc1)Nc1ccc2c(c1)OCCO2. The van der Waals surface area contributed by atoms with E-state index in [0.717, 1.165) is 5.56 Å². The van der Waals surface area contributed by atoms with E-state index in [1.807, 2.05) is 0 Å². The Bertz CT molecular complexity index is 655. The number of carbonyl (C=O) groups is 1. The molecule has 1 heterocycles. The topological polar surface area (TPSA) is 47.6 Å². The van der Waals surface area contributed by atoms with E-state index in [0.29, 0.717) is 30.4 Å². The van der Waals surface area contributed by atoms with Crippen molar-refractivity contribution in [3.05, 3.63) is 53.8 Å². The van der Waals surface area contributed by atoms with E-state index in [1.54, 1.807) is 30.3 Å². The third-order valence-electron chi connectivity index (χ3n) is 3.10. The molecule has 2 aromatic carbocycles. The van der Waals surface area contributed by atoms with Gasteiger partial charge in [-0.15, -0.1) is 0 Å². The fourth-order valence-corrected chi connectivity index (χ4v) is 2.11. The number of nitrogens with one attached hydrogen (secondary N) is 1. The highest BCUT2D eigenvalue weighted by atomic mass is 19.1. The lowest BCUT2D eigenvalue weighted by atomic mass is 10.1. The molecule has 0 bridgehead atoms. The Kier molecular flexibility index (Phi) is 3.73. The van der Waals surface area contributed by atoms with Gasteiger partial charge in [0.2, 0.25) is 5.91 Å². The van der Waals surface area contributed by atoms with E-state index in [9.17, 15) is 9.18 Å². The second-order valence-corrected chi connectivity index (χ2v) is 4.71. The summed E-state index contributed by atoms with van der Waals surface area (Å²) in [6.45, 7) is 1.03. The first kappa shape index (κ1) is 13.4. The predicted octanol–water partition coefficient (Wildman–Crippen LogP) is 2.78. The van der Waals surface area contributed by atoms with Gasteiger partial charge < -0.3 is 14.8 Å². The molecule has 0 fully saturated rings. The summed E-state index contributed by atoms with van der Waals surface area (Å²) < 4.78 is 23.7. The Morgan fingerprint density at radius 3 is 2.52 bits per heavy atom. The van der Waals surface area contributed by atoms with Gasteiger partial charge in [0.15, 0.2) is 11.5 Å². The normalized spacial score (nSPS) is 12.8. The van der Waals surface area contributed by atoms with E-state index in [4.69, 9.17) is 9.47 Å². The minimum atomic E-state index is -0.314. The van der Waals surface area contributed by atoms with Crippen LogP contribution in [0.2, 0.25) is 0 Å². The lowest BCUT2D eigenvalue weighted by Crippen LogP contribution is -2.17. The Hall–Kier alpha value is -2.56. The third kappa shape index (κ3) is 3.31. The molecule has 108 valence electrons. The maximum atomic E-state index is 12.8. The van der Waals surface area contributed by atoms with Crippen LogP contribution >= 0.6 is 0 Å². The van der Waals surface area contributed by atoms with Crippen molar-refractivity contribution in [1.29, 1.82) is 0 Å². The van der Waals surface area contributed by atoms with Crippen LogP contribution in [0.25, 0.3) is 0 Å². The average molecular weight is 287 g/mol. The Morgan fingerprint density at radius 1 is 1.05 bits per heavy atom. The first-order valence-electron chi connectivity index (χ1n) is 6.65. The Morgan fingerprint density at radius 2 is 1.76 bits per heavy atom. The van der Waals surface area contributed by atoms with Crippen molar-refractivity contribution in [1.82, 2.24) is 0 Å². The molecule has 1 amide bonds. The average Bonchev–Trinajstić information content (AvgIpc) is 2.49. The molecule has 5 heteroatoms. The molecule has 21 heavy (non-hydrogen) atoms. The largest absolute Gasteiger partial charge is 0.486 e. The summed E-state index contributed by atoms with van der Waals surface area (Å²) >= 11 is 0. The van der Waals surface area contributed by atoms with Gasteiger partial charge in [-0.2, -0.15) is 0 Å². The summed E-state index contributed by atoms with van der Waals surface area (Å²) in [5.41, 5.74) is 1.40. The van der Waals surface area contributed by atoms with Crippen molar-refractivity contribution < 1.29 is 18.7 Å². The molecule has 1 aliphatic heterocycles. The fraction of sp³-hybridized carbons (Fsp3) is 0.188. The number of amides is 1. The van der Waals surface area contributed by atoms with E-state index in [-0.39, 0.29) is 18.1 Å². The van der Waals surface area contributed by atoms with Gasteiger partial charge >= 0.3 is 0 Å². The van der Waals surface area contributed by atoms with Crippen molar-refractivity contribution in [2.75, 3.05) is 18.5 Å². The van der Waals surface area contributed by atoms with Crippen molar-refractivity contribution in [3.8, 4) is 11.5 Å². The number of ether oxygens (including phenoxy) is 2. The summed E-state index contributed by atoms with van der Waals surface area (Å²) in [5, 5.41) is 2.79. The van der Waals surface area contributed by atoms with Crippen LogP contribution < -0.4 is 14.8 Å². The number of halogens is 1. The number of benzene rings is 2. The Balaban J connectivity index is 1.65. The van der Waals surface area contributed by atoms with Crippen LogP contribution in [0.1, 0.15) is 5.56 Å². The Labute approximate surface area is 121 Å². The fourth-order valence-electron chi connectivity index (χ4n) is 2.11. The molecule has 0 spiro atoms. The van der Waals surface area contributed by atoms with E-state index >= 15 is 0 Å². The number of anilines is 1. The molecule has 1 N–H and O–H groups in total. The lowest BCUT2D eigenvalue weighted by Gasteiger charge is -2.19. The molecule has 0 unspecified atom stereocenters. The van der Waals surface area contributed by atoms with Crippen LogP contribution in [0.3, 0.4) is 0 Å². The molecule has 2 aromatic rings. The third-order valence-corrected chi connectivity index (χ3v) is 3.10. The van der Waals surface area contributed by atoms with Gasteiger partial charge in [0.25, 0.3) is 0 Å². The van der Waals surface area contributed by atoms with Crippen LogP contribution in [-0.2, 0) is 11.2 Å². The molecule has 0 atom stereocenters. The molecule has 0 saturated heterocycles. The van der Waals surface area contributed by atoms with Crippen molar-refractivity contribution in [2.24, 2.45) is 0 Å². The first-order chi connectivity index (χ1) is 10.2. The summed E-state index contributed by atoms with van der Waals surface area (Å²) in [7, 11) is 0. The van der Waals surface area contributed by atoms with E-state index in [2.05, 4.69) is 5.32 Å². The van der Waals surface area contributed by atoms with Crippen LogP contribution in [0.4, 0.5) is 10.1 Å². The number of hydrogen-bond donors (Lipinski definition) is 1. The van der Waals surface area contributed by atoms with Gasteiger partial charge in [-0.1, -0.05) is 12.1 Å². The van der Waals surface area contributed by atoms with Gasteiger partial charge in [-0.05, 0) is 29.8 Å². The molecular formula is C16H14FNO3. The standard InChI is InChI=1S/C16H14FNO3/c17-12-3-1-11(2-4-12)9-16(19)18-13-5-6-14-15(10-13)21-8-7-20-14/h1-6,10H,7-9H2,(H,18,19). The first-order valence-corrected chi connectivity index (χ1v) is 6.65. The van der Waals surface area contributed by atoms with Gasteiger partial charge in [-0.25, -0.2) is 4.39 Å². The van der Waals surface area contributed by atoms with Gasteiger partial charge in [0.1, 0.15) is 19.0 Å². The van der Waals surface area contributed by atoms with Crippen LogP contribution in [0.5, 0.6) is 11.5 Å². The van der Waals surface area contributed by atoms with Gasteiger partial charge in [-0.3, -0.25) is 4.79 Å². The number of rotatable bonds is 3. The number of fused-ring (bicyclic) bond motifs is 1. The van der Waals surface area contributed by atoms with Crippen molar-refractivity contribution in [2.45, 2.75) is 6.42 Å². The van der Waals surface area contributed by atoms with Crippen LogP contribution in [0, 0.1) is 5.82 Å². The number of carbonyl (C=O) groups excluding carboxylic acids is 1. The maximum Gasteiger partial charge on any atom is 0.228 e. The molecule has 1 aliphatic rings. The lowest BCUT2D eigenvalue weighted by molar-refractivity contribution is -0.115. The second-order valence-electron chi connectivity index (χ2n) is 4.71. The monoisotopic (exact) mass is 287 g/mol. The van der Waals surface area contributed by atoms with Crippen LogP contribution in [-0.4, -0.2) is 19.1 Å². The quantitative estimate of drug-likeness (QED) is 0.944. The summed E-state index contributed by atoms with van der Waals surface area (Å²) in [6, 6.07) is 11.1. The highest BCUT2D eigenvalue weighted by Gasteiger charge is 2.12. The summed E-state index contributed by atoms with van der Waals surface area (Å²) in [4.78, 5) is 12.0. The zero-order chi connectivity index (χ0) is 14.7. The molecule has 0 aliphatic carbocycles.